The molecule has 0 atom stereocenters. The van der Waals surface area contributed by atoms with E-state index in [1.807, 2.05) is 0 Å². The molecule has 1 fully saturated rings. The number of likely N-dealkylation sites (N-methyl/N-ethyl adjacent to an activating group) is 1. The van der Waals surface area contributed by atoms with Crippen molar-refractivity contribution in [1.29, 1.82) is 0 Å². The number of carbonyl (C=O) groups excluding carboxylic acids is 1. The van der Waals surface area contributed by atoms with Gasteiger partial charge in [0.1, 0.15) is 0 Å². The molecule has 0 bridgehead atoms. The van der Waals surface area contributed by atoms with Crippen molar-refractivity contribution in [2.24, 2.45) is 0 Å². The number of ether oxygens (including phenoxy) is 1. The molecule has 0 saturated carbocycles. The zero-order chi connectivity index (χ0) is 9.68. The van der Waals surface area contributed by atoms with Crippen LogP contribution in [-0.4, -0.2) is 55.7 Å². The monoisotopic (exact) mass is 186 g/mol. The van der Waals surface area contributed by atoms with Crippen LogP contribution in [0.4, 0.5) is 4.79 Å². The minimum absolute atomic E-state index is 0.196. The lowest BCUT2D eigenvalue weighted by Crippen LogP contribution is -2.34. The number of rotatable bonds is 1. The van der Waals surface area contributed by atoms with Crippen LogP contribution in [0.25, 0.3) is 0 Å². The average Bonchev–Trinajstić information content (AvgIpc) is 2.41. The molecule has 0 N–H and O–H groups in total. The van der Waals surface area contributed by atoms with Crippen molar-refractivity contribution in [2.75, 3.05) is 39.8 Å². The Bertz CT molecular complexity index is 173. The summed E-state index contributed by atoms with van der Waals surface area (Å²) in [5.41, 5.74) is 0. The smallest absolute Gasteiger partial charge is 0.409 e. The van der Waals surface area contributed by atoms with Gasteiger partial charge < -0.3 is 14.5 Å². The predicted molar refractivity (Wildman–Crippen MR) is 50.7 cm³/mol. The number of hydrogen-bond acceptors (Lipinski definition) is 3. The van der Waals surface area contributed by atoms with E-state index in [-0.39, 0.29) is 6.09 Å². The lowest BCUT2D eigenvalue weighted by Gasteiger charge is -2.19. The van der Waals surface area contributed by atoms with Crippen molar-refractivity contribution in [1.82, 2.24) is 9.80 Å². The van der Waals surface area contributed by atoms with Gasteiger partial charge >= 0.3 is 6.09 Å². The SMILES string of the molecule is CCN1CCCN(C(=O)OC)CC1. The fourth-order valence-electron chi connectivity index (χ4n) is 1.60. The molecule has 1 amide bonds. The van der Waals surface area contributed by atoms with Crippen molar-refractivity contribution in [3.8, 4) is 0 Å². The molecule has 13 heavy (non-hydrogen) atoms. The van der Waals surface area contributed by atoms with E-state index < -0.39 is 0 Å². The summed E-state index contributed by atoms with van der Waals surface area (Å²) in [6, 6.07) is 0. The highest BCUT2D eigenvalue weighted by Gasteiger charge is 2.17. The lowest BCUT2D eigenvalue weighted by molar-refractivity contribution is 0.125. The molecule has 0 aliphatic carbocycles. The molecule has 0 radical (unpaired) electrons. The van der Waals surface area contributed by atoms with E-state index in [9.17, 15) is 4.79 Å². The third-order valence-corrected chi connectivity index (χ3v) is 2.47. The van der Waals surface area contributed by atoms with Crippen LogP contribution in [0.2, 0.25) is 0 Å². The van der Waals surface area contributed by atoms with Crippen molar-refractivity contribution in [3.05, 3.63) is 0 Å². The highest BCUT2D eigenvalue weighted by Crippen LogP contribution is 2.03. The van der Waals surface area contributed by atoms with Crippen molar-refractivity contribution in [3.63, 3.8) is 0 Å². The van der Waals surface area contributed by atoms with E-state index in [0.717, 1.165) is 39.1 Å². The first-order valence-electron chi connectivity index (χ1n) is 4.83. The molecule has 1 saturated heterocycles. The summed E-state index contributed by atoms with van der Waals surface area (Å²) in [6.45, 7) is 6.88. The van der Waals surface area contributed by atoms with Crippen molar-refractivity contribution >= 4 is 6.09 Å². The Kier molecular flexibility index (Phi) is 4.02. The first-order chi connectivity index (χ1) is 6.27. The van der Waals surface area contributed by atoms with Crippen LogP contribution in [0.3, 0.4) is 0 Å². The highest BCUT2D eigenvalue weighted by atomic mass is 16.5. The maximum absolute atomic E-state index is 11.2. The normalized spacial score (nSPS) is 19.7. The zero-order valence-corrected chi connectivity index (χ0v) is 8.45. The Hall–Kier alpha value is -0.770. The Morgan fingerprint density at radius 2 is 2.08 bits per heavy atom. The second kappa shape index (κ2) is 5.07. The number of nitrogens with zero attached hydrogens (tertiary/aromatic N) is 2. The molecule has 0 aromatic heterocycles. The van der Waals surface area contributed by atoms with Gasteiger partial charge in [-0.1, -0.05) is 6.92 Å². The molecule has 1 heterocycles. The van der Waals surface area contributed by atoms with Gasteiger partial charge in [-0.3, -0.25) is 0 Å². The van der Waals surface area contributed by atoms with Gasteiger partial charge in [-0.05, 0) is 19.5 Å². The van der Waals surface area contributed by atoms with Crippen molar-refractivity contribution < 1.29 is 9.53 Å². The Balaban J connectivity index is 2.40. The maximum atomic E-state index is 11.2. The number of amides is 1. The van der Waals surface area contributed by atoms with E-state index in [2.05, 4.69) is 16.6 Å². The summed E-state index contributed by atoms with van der Waals surface area (Å²) >= 11 is 0. The molecular weight excluding hydrogens is 168 g/mol. The quantitative estimate of drug-likeness (QED) is 0.606. The minimum atomic E-state index is -0.196. The summed E-state index contributed by atoms with van der Waals surface area (Å²) in [6.07, 6.45) is 0.848. The first-order valence-corrected chi connectivity index (χ1v) is 4.83. The second-order valence-electron chi connectivity index (χ2n) is 3.24. The number of hydrogen-bond donors (Lipinski definition) is 0. The van der Waals surface area contributed by atoms with Gasteiger partial charge in [0.05, 0.1) is 7.11 Å². The Morgan fingerprint density at radius 3 is 2.69 bits per heavy atom. The maximum Gasteiger partial charge on any atom is 0.409 e. The van der Waals surface area contributed by atoms with Gasteiger partial charge in [-0.15, -0.1) is 0 Å². The highest BCUT2D eigenvalue weighted by molar-refractivity contribution is 5.67. The predicted octanol–water partition coefficient (Wildman–Crippen LogP) is 0.780. The van der Waals surface area contributed by atoms with Gasteiger partial charge in [0, 0.05) is 19.6 Å². The Morgan fingerprint density at radius 1 is 1.31 bits per heavy atom. The lowest BCUT2D eigenvalue weighted by atomic mass is 10.4. The fraction of sp³-hybridized carbons (Fsp3) is 0.889. The molecule has 0 aromatic carbocycles. The van der Waals surface area contributed by atoms with E-state index in [1.165, 1.54) is 7.11 Å². The van der Waals surface area contributed by atoms with Crippen LogP contribution >= 0.6 is 0 Å². The van der Waals surface area contributed by atoms with Crippen LogP contribution in [0.5, 0.6) is 0 Å². The van der Waals surface area contributed by atoms with E-state index in [1.54, 1.807) is 4.90 Å². The molecule has 1 aliphatic rings. The Labute approximate surface area is 79.4 Å². The third kappa shape index (κ3) is 2.88. The molecular formula is C9H18N2O2. The molecule has 4 nitrogen and oxygen atoms in total. The molecule has 0 aromatic rings. The van der Waals surface area contributed by atoms with Gasteiger partial charge in [-0.25, -0.2) is 4.79 Å². The van der Waals surface area contributed by atoms with Gasteiger partial charge in [0.2, 0.25) is 0 Å². The van der Waals surface area contributed by atoms with E-state index in [0.29, 0.717) is 0 Å². The number of methoxy groups -OCH3 is 1. The van der Waals surface area contributed by atoms with Crippen molar-refractivity contribution in [2.45, 2.75) is 13.3 Å². The average molecular weight is 186 g/mol. The second-order valence-corrected chi connectivity index (χ2v) is 3.24. The molecule has 1 rings (SSSR count). The summed E-state index contributed by atoms with van der Waals surface area (Å²) in [5, 5.41) is 0. The van der Waals surface area contributed by atoms with Gasteiger partial charge in [0.25, 0.3) is 0 Å². The van der Waals surface area contributed by atoms with Crippen LogP contribution in [0.15, 0.2) is 0 Å². The summed E-state index contributed by atoms with van der Waals surface area (Å²) in [4.78, 5) is 15.3. The summed E-state index contributed by atoms with van der Waals surface area (Å²) in [7, 11) is 1.44. The largest absolute Gasteiger partial charge is 0.453 e. The van der Waals surface area contributed by atoms with Crippen LogP contribution < -0.4 is 0 Å². The van der Waals surface area contributed by atoms with Crippen LogP contribution in [-0.2, 0) is 4.74 Å². The molecule has 1 aliphatic heterocycles. The summed E-state index contributed by atoms with van der Waals surface area (Å²) < 4.78 is 4.68. The molecule has 4 heteroatoms. The van der Waals surface area contributed by atoms with Crippen LogP contribution in [0.1, 0.15) is 13.3 Å². The van der Waals surface area contributed by atoms with E-state index in [4.69, 9.17) is 0 Å². The first kappa shape index (κ1) is 10.3. The van der Waals surface area contributed by atoms with Gasteiger partial charge in [0.15, 0.2) is 0 Å². The summed E-state index contributed by atoms with van der Waals surface area (Å²) in [5.74, 6) is 0. The van der Waals surface area contributed by atoms with Crippen LogP contribution in [0, 0.1) is 0 Å². The molecule has 76 valence electrons. The third-order valence-electron chi connectivity index (χ3n) is 2.47. The van der Waals surface area contributed by atoms with Gasteiger partial charge in [-0.2, -0.15) is 0 Å². The zero-order valence-electron chi connectivity index (χ0n) is 8.45. The molecule has 0 unspecified atom stereocenters. The fourth-order valence-corrected chi connectivity index (χ4v) is 1.60. The topological polar surface area (TPSA) is 32.8 Å². The minimum Gasteiger partial charge on any atom is -0.453 e. The number of carbonyl (C=O) groups is 1. The standard InChI is InChI=1S/C9H18N2O2/c1-3-10-5-4-6-11(8-7-10)9(12)13-2/h3-8H2,1-2H3. The molecule has 0 spiro atoms. The van der Waals surface area contributed by atoms with E-state index >= 15 is 0 Å².